The molecule has 1 heterocycles. The van der Waals surface area contributed by atoms with Gasteiger partial charge in [0.2, 0.25) is 0 Å². The van der Waals surface area contributed by atoms with Crippen LogP contribution in [0.5, 0.6) is 0 Å². The van der Waals surface area contributed by atoms with E-state index in [0.717, 1.165) is 24.0 Å². The van der Waals surface area contributed by atoms with Crippen molar-refractivity contribution in [2.24, 2.45) is 0 Å². The molecule has 2 aromatic carbocycles. The molecule has 1 aliphatic carbocycles. The minimum Gasteiger partial charge on any atom is -0.306 e. The highest BCUT2D eigenvalue weighted by atomic mass is 16.2. The first-order valence-electron chi connectivity index (χ1n) is 9.00. The average Bonchev–Trinajstić information content (AvgIpc) is 2.63. The number of nitrogens with one attached hydrogen (secondary N) is 1. The van der Waals surface area contributed by atoms with Crippen molar-refractivity contribution in [3.8, 4) is 16.9 Å². The quantitative estimate of drug-likeness (QED) is 0.769. The lowest BCUT2D eigenvalue weighted by Crippen LogP contribution is -2.44. The second-order valence-corrected chi connectivity index (χ2v) is 7.36. The smallest absolute Gasteiger partial charge is 0.306 e. The van der Waals surface area contributed by atoms with E-state index in [1.54, 1.807) is 0 Å². The largest absolute Gasteiger partial charge is 0.333 e. The van der Waals surface area contributed by atoms with Gasteiger partial charge in [0.25, 0.3) is 5.56 Å². The Morgan fingerprint density at radius 1 is 1.08 bits per heavy atom. The molecular weight excluding hydrogens is 324 g/mol. The fourth-order valence-corrected chi connectivity index (χ4v) is 4.06. The Kier molecular flexibility index (Phi) is 3.72. The van der Waals surface area contributed by atoms with Crippen molar-refractivity contribution >= 4 is 0 Å². The second-order valence-electron chi connectivity index (χ2n) is 7.36. The summed E-state index contributed by atoms with van der Waals surface area (Å²) in [6.07, 6.45) is 1.62. The Labute approximate surface area is 152 Å². The highest BCUT2D eigenvalue weighted by Gasteiger charge is 2.37. The number of nitrogens with zero attached hydrogens (tertiary/aromatic N) is 1. The number of hydrogen-bond donors (Lipinski definition) is 1. The number of para-hydroxylation sites is 1. The summed E-state index contributed by atoms with van der Waals surface area (Å²) in [7, 11) is 0. The van der Waals surface area contributed by atoms with Gasteiger partial charge in [-0.25, -0.2) is 9.36 Å². The molecule has 0 unspecified atom stereocenters. The number of aryl methyl sites for hydroxylation is 1. The van der Waals surface area contributed by atoms with E-state index in [9.17, 15) is 9.59 Å². The maximum absolute atomic E-state index is 13.5. The zero-order valence-corrected chi connectivity index (χ0v) is 15.3. The Morgan fingerprint density at radius 3 is 2.50 bits per heavy atom. The van der Waals surface area contributed by atoms with Gasteiger partial charge in [0.15, 0.2) is 0 Å². The third-order valence-corrected chi connectivity index (χ3v) is 5.71. The molecular formula is C22H22N2O2. The summed E-state index contributed by atoms with van der Waals surface area (Å²) < 4.78 is 1.29. The van der Waals surface area contributed by atoms with E-state index in [1.807, 2.05) is 49.4 Å². The van der Waals surface area contributed by atoms with Crippen LogP contribution in [-0.4, -0.2) is 9.55 Å². The Bertz CT molecular complexity index is 1120. The molecule has 0 amide bonds. The summed E-state index contributed by atoms with van der Waals surface area (Å²) in [6, 6.07) is 15.5. The van der Waals surface area contributed by atoms with Gasteiger partial charge in [-0.1, -0.05) is 56.3 Å². The lowest BCUT2D eigenvalue weighted by Gasteiger charge is -2.35. The van der Waals surface area contributed by atoms with E-state index in [0.29, 0.717) is 16.9 Å². The monoisotopic (exact) mass is 346 g/mol. The zero-order chi connectivity index (χ0) is 18.5. The molecule has 1 N–H and O–H groups in total. The molecule has 0 saturated heterocycles. The van der Waals surface area contributed by atoms with E-state index in [2.05, 4.69) is 24.9 Å². The van der Waals surface area contributed by atoms with Gasteiger partial charge in [0, 0.05) is 16.5 Å². The number of aromatic nitrogens is 2. The first-order valence-corrected chi connectivity index (χ1v) is 9.00. The van der Waals surface area contributed by atoms with Crippen LogP contribution in [0.4, 0.5) is 0 Å². The first-order chi connectivity index (χ1) is 12.5. The summed E-state index contributed by atoms with van der Waals surface area (Å²) in [5.41, 5.74) is 4.14. The van der Waals surface area contributed by atoms with Crippen LogP contribution in [0.3, 0.4) is 0 Å². The van der Waals surface area contributed by atoms with Gasteiger partial charge in [0.05, 0.1) is 11.4 Å². The van der Waals surface area contributed by atoms with Crippen LogP contribution in [0, 0.1) is 6.92 Å². The molecule has 1 aliphatic rings. The summed E-state index contributed by atoms with van der Waals surface area (Å²) in [4.78, 5) is 29.4. The van der Waals surface area contributed by atoms with Gasteiger partial charge in [-0.2, -0.15) is 0 Å². The molecule has 1 aromatic heterocycles. The van der Waals surface area contributed by atoms with Crippen molar-refractivity contribution in [3.05, 3.63) is 86.1 Å². The Morgan fingerprint density at radius 2 is 1.77 bits per heavy atom. The van der Waals surface area contributed by atoms with Crippen LogP contribution in [0.1, 0.15) is 37.0 Å². The van der Waals surface area contributed by atoms with Gasteiger partial charge in [-0.15, -0.1) is 0 Å². The number of benzene rings is 2. The van der Waals surface area contributed by atoms with Gasteiger partial charge >= 0.3 is 5.69 Å². The molecule has 1 atom stereocenters. The first kappa shape index (κ1) is 16.6. The number of H-pyrrole nitrogens is 1. The normalized spacial score (nSPS) is 18.3. The van der Waals surface area contributed by atoms with Crippen molar-refractivity contribution in [1.29, 1.82) is 0 Å². The minimum atomic E-state index is -0.391. The van der Waals surface area contributed by atoms with Gasteiger partial charge < -0.3 is 4.98 Å². The molecule has 0 saturated carbocycles. The summed E-state index contributed by atoms with van der Waals surface area (Å²) in [6.45, 7) is 6.12. The molecule has 0 bridgehead atoms. The molecule has 3 aromatic rings. The lowest BCUT2D eigenvalue weighted by molar-refractivity contribution is 0.437. The highest BCUT2D eigenvalue weighted by molar-refractivity contribution is 5.71. The van der Waals surface area contributed by atoms with E-state index in [1.165, 1.54) is 10.1 Å². The molecule has 4 nitrogen and oxygen atoms in total. The predicted octanol–water partition coefficient (Wildman–Crippen LogP) is 3.73. The third kappa shape index (κ3) is 2.29. The molecule has 4 rings (SSSR count). The van der Waals surface area contributed by atoms with E-state index in [-0.39, 0.29) is 11.0 Å². The van der Waals surface area contributed by atoms with Crippen molar-refractivity contribution in [2.75, 3.05) is 0 Å². The molecule has 0 radical (unpaired) electrons. The van der Waals surface area contributed by atoms with Crippen LogP contribution in [0.2, 0.25) is 0 Å². The average molecular weight is 346 g/mol. The predicted molar refractivity (Wildman–Crippen MR) is 104 cm³/mol. The third-order valence-electron chi connectivity index (χ3n) is 5.71. The second kappa shape index (κ2) is 5.84. The van der Waals surface area contributed by atoms with Gasteiger partial charge in [0.1, 0.15) is 0 Å². The number of fused-ring (bicyclic) bond motifs is 3. The van der Waals surface area contributed by atoms with Crippen molar-refractivity contribution in [1.82, 2.24) is 9.55 Å². The number of aromatic amines is 1. The minimum absolute atomic E-state index is 0.211. The molecule has 0 fully saturated rings. The fraction of sp³-hybridized carbons (Fsp3) is 0.273. The maximum atomic E-state index is 13.5. The van der Waals surface area contributed by atoms with Crippen molar-refractivity contribution in [3.63, 3.8) is 0 Å². The van der Waals surface area contributed by atoms with Crippen molar-refractivity contribution < 1.29 is 0 Å². The molecule has 0 aliphatic heterocycles. The van der Waals surface area contributed by atoms with E-state index >= 15 is 0 Å². The molecule has 132 valence electrons. The maximum Gasteiger partial charge on any atom is 0.333 e. The molecule has 26 heavy (non-hydrogen) atoms. The standard InChI is InChI=1S/C22H22N2O2/c1-4-22(3)13-15-10-6-7-11-16(15)19-18(22)20(25)24(21(26)23-19)17-12-8-5-9-14(17)2/h5-12H,4,13H2,1-3H3,(H,23,26)/t22-/m0/s1. The zero-order valence-electron chi connectivity index (χ0n) is 15.3. The van der Waals surface area contributed by atoms with Crippen LogP contribution >= 0.6 is 0 Å². The Hall–Kier alpha value is -2.88. The Balaban J connectivity index is 2.12. The highest BCUT2D eigenvalue weighted by Crippen LogP contribution is 2.41. The number of hydrogen-bond acceptors (Lipinski definition) is 2. The summed E-state index contributed by atoms with van der Waals surface area (Å²) in [5.74, 6) is 0. The van der Waals surface area contributed by atoms with Gasteiger partial charge in [-0.05, 0) is 37.0 Å². The van der Waals surface area contributed by atoms with Crippen LogP contribution in [-0.2, 0) is 11.8 Å². The topological polar surface area (TPSA) is 54.9 Å². The fourth-order valence-electron chi connectivity index (χ4n) is 4.06. The van der Waals surface area contributed by atoms with Gasteiger partial charge in [-0.3, -0.25) is 4.79 Å². The van der Waals surface area contributed by atoms with Crippen molar-refractivity contribution in [2.45, 2.75) is 39.0 Å². The summed E-state index contributed by atoms with van der Waals surface area (Å²) in [5, 5.41) is 0. The van der Waals surface area contributed by atoms with E-state index < -0.39 is 5.69 Å². The van der Waals surface area contributed by atoms with Crippen LogP contribution in [0.15, 0.2) is 58.1 Å². The summed E-state index contributed by atoms with van der Waals surface area (Å²) >= 11 is 0. The lowest BCUT2D eigenvalue weighted by atomic mass is 9.69. The molecule has 4 heteroatoms. The molecule has 0 spiro atoms. The SMILES string of the molecule is CC[C@@]1(C)Cc2ccccc2-c2[nH]c(=O)n(-c3ccccc3C)c(=O)c21. The van der Waals surface area contributed by atoms with E-state index in [4.69, 9.17) is 0 Å². The number of rotatable bonds is 2. The van der Waals surface area contributed by atoms with Crippen LogP contribution < -0.4 is 11.2 Å². The van der Waals surface area contributed by atoms with Crippen LogP contribution in [0.25, 0.3) is 16.9 Å².